The lowest BCUT2D eigenvalue weighted by molar-refractivity contribution is 0.0977. The van der Waals surface area contributed by atoms with Crippen molar-refractivity contribution in [2.24, 2.45) is 0 Å². The first kappa shape index (κ1) is 21.4. The summed E-state index contributed by atoms with van der Waals surface area (Å²) in [7, 11) is -3.71. The van der Waals surface area contributed by atoms with Crippen LogP contribution in [0, 0.1) is 18.3 Å². The number of hydrogen-bond donors (Lipinski definition) is 1. The summed E-state index contributed by atoms with van der Waals surface area (Å²) >= 11 is 6.01. The fraction of sp³-hybridized carbons (Fsp3) is 0.176. The number of carbonyl (C=O) groups excluding carboxylic acids is 1. The molecule has 29 heavy (non-hydrogen) atoms. The summed E-state index contributed by atoms with van der Waals surface area (Å²) in [5, 5.41) is 12.4. The average Bonchev–Trinajstić information content (AvgIpc) is 3.24. The monoisotopic (exact) mass is 511 g/mol. The highest BCUT2D eigenvalue weighted by atomic mass is 79.9. The van der Waals surface area contributed by atoms with Crippen LogP contribution in [-0.4, -0.2) is 30.5 Å². The largest absolute Gasteiger partial charge is 0.312 e. The highest BCUT2D eigenvalue weighted by Gasteiger charge is 2.23. The van der Waals surface area contributed by atoms with Crippen LogP contribution in [0.15, 0.2) is 33.4 Å². The molecule has 1 amide bonds. The molecule has 0 spiro atoms. The lowest BCUT2D eigenvalue weighted by Gasteiger charge is -2.21. The Labute approximate surface area is 184 Å². The lowest BCUT2D eigenvalue weighted by atomic mass is 10.2. The van der Waals surface area contributed by atoms with Gasteiger partial charge >= 0.3 is 0 Å². The molecule has 0 bridgehead atoms. The highest BCUT2D eigenvalue weighted by molar-refractivity contribution is 9.11. The highest BCUT2D eigenvalue weighted by Crippen LogP contribution is 2.36. The minimum atomic E-state index is -3.71. The van der Waals surface area contributed by atoms with Crippen molar-refractivity contribution < 1.29 is 13.2 Å². The van der Waals surface area contributed by atoms with Gasteiger partial charge < -0.3 is 4.90 Å². The van der Waals surface area contributed by atoms with Crippen LogP contribution in [0.25, 0.3) is 0 Å². The van der Waals surface area contributed by atoms with E-state index in [9.17, 15) is 13.2 Å². The standard InChI is InChI=1S/C17H14BrN5O3S3/c1-10-20-12(9-27-10)8-23(13-5-3-11(7-19)4-6-13)17-21-14(15(18)28-17)16(24)22-29(2,25)26/h3-6,9H,8H2,1-2H3,(H,22,24). The Morgan fingerprint density at radius 2 is 2.00 bits per heavy atom. The van der Waals surface area contributed by atoms with E-state index in [-0.39, 0.29) is 5.69 Å². The first-order valence-electron chi connectivity index (χ1n) is 8.03. The predicted octanol–water partition coefficient (Wildman–Crippen LogP) is 3.57. The van der Waals surface area contributed by atoms with E-state index in [1.54, 1.807) is 24.3 Å². The van der Waals surface area contributed by atoms with Crippen molar-refractivity contribution in [1.82, 2.24) is 14.7 Å². The van der Waals surface area contributed by atoms with Gasteiger partial charge in [0.25, 0.3) is 5.91 Å². The Balaban J connectivity index is 2.00. The van der Waals surface area contributed by atoms with E-state index in [4.69, 9.17) is 5.26 Å². The van der Waals surface area contributed by atoms with Gasteiger partial charge in [0.1, 0.15) is 3.79 Å². The van der Waals surface area contributed by atoms with E-state index < -0.39 is 15.9 Å². The van der Waals surface area contributed by atoms with E-state index in [2.05, 4.69) is 32.0 Å². The number of aryl methyl sites for hydroxylation is 1. The Bertz CT molecular complexity index is 1200. The molecule has 150 valence electrons. The quantitative estimate of drug-likeness (QED) is 0.537. The van der Waals surface area contributed by atoms with Crippen molar-refractivity contribution in [3.8, 4) is 6.07 Å². The molecule has 0 saturated carbocycles. The van der Waals surface area contributed by atoms with Crippen LogP contribution in [0.3, 0.4) is 0 Å². The number of sulfonamides is 1. The number of amides is 1. The van der Waals surface area contributed by atoms with Crippen LogP contribution in [0.5, 0.6) is 0 Å². The third kappa shape index (κ3) is 5.39. The zero-order valence-electron chi connectivity index (χ0n) is 15.2. The number of aromatic nitrogens is 2. The van der Waals surface area contributed by atoms with E-state index in [0.29, 0.717) is 21.0 Å². The minimum Gasteiger partial charge on any atom is -0.312 e. The zero-order chi connectivity index (χ0) is 21.2. The second-order valence-electron chi connectivity index (χ2n) is 5.92. The molecule has 0 atom stereocenters. The third-order valence-electron chi connectivity index (χ3n) is 3.59. The predicted molar refractivity (Wildman–Crippen MR) is 116 cm³/mol. The first-order valence-corrected chi connectivity index (χ1v) is 12.4. The van der Waals surface area contributed by atoms with E-state index in [1.807, 2.05) is 21.9 Å². The van der Waals surface area contributed by atoms with Gasteiger partial charge in [0.05, 0.1) is 35.1 Å². The number of benzene rings is 1. The van der Waals surface area contributed by atoms with E-state index in [0.717, 1.165) is 22.6 Å². The zero-order valence-corrected chi connectivity index (χ0v) is 19.2. The van der Waals surface area contributed by atoms with Crippen molar-refractivity contribution in [1.29, 1.82) is 5.26 Å². The normalized spacial score (nSPS) is 11.1. The van der Waals surface area contributed by atoms with Gasteiger partial charge in [-0.2, -0.15) is 5.26 Å². The number of halogens is 1. The SMILES string of the molecule is Cc1nc(CN(c2ccc(C#N)cc2)c2nc(C(=O)NS(C)(=O)=O)c(Br)s2)cs1. The maximum Gasteiger partial charge on any atom is 0.285 e. The van der Waals surface area contributed by atoms with Gasteiger partial charge in [-0.3, -0.25) is 4.79 Å². The minimum absolute atomic E-state index is 0.0245. The molecule has 3 aromatic rings. The van der Waals surface area contributed by atoms with Gasteiger partial charge in [-0.1, -0.05) is 11.3 Å². The summed E-state index contributed by atoms with van der Waals surface area (Å²) in [5.41, 5.74) is 2.08. The fourth-order valence-electron chi connectivity index (χ4n) is 2.39. The molecule has 1 aromatic carbocycles. The molecule has 0 aliphatic heterocycles. The number of nitrogens with one attached hydrogen (secondary N) is 1. The molecular weight excluding hydrogens is 498 g/mol. The van der Waals surface area contributed by atoms with Crippen LogP contribution in [-0.2, 0) is 16.6 Å². The summed E-state index contributed by atoms with van der Waals surface area (Å²) in [6.45, 7) is 2.30. The topological polar surface area (TPSA) is 116 Å². The van der Waals surface area contributed by atoms with Gasteiger partial charge in [-0.25, -0.2) is 23.1 Å². The molecule has 0 aliphatic carbocycles. The molecule has 12 heteroatoms. The molecule has 8 nitrogen and oxygen atoms in total. The van der Waals surface area contributed by atoms with Crippen molar-refractivity contribution in [2.45, 2.75) is 13.5 Å². The molecule has 0 saturated heterocycles. The van der Waals surface area contributed by atoms with Crippen molar-refractivity contribution in [2.75, 3.05) is 11.2 Å². The summed E-state index contributed by atoms with van der Waals surface area (Å²) in [6, 6.07) is 9.02. The molecule has 0 unspecified atom stereocenters. The van der Waals surface area contributed by atoms with Gasteiger partial charge in [0.2, 0.25) is 10.0 Å². The third-order valence-corrected chi connectivity index (χ3v) is 6.70. The molecule has 1 N–H and O–H groups in total. The van der Waals surface area contributed by atoms with Crippen LogP contribution < -0.4 is 9.62 Å². The van der Waals surface area contributed by atoms with Gasteiger partial charge in [0.15, 0.2) is 10.8 Å². The average molecular weight is 512 g/mol. The smallest absolute Gasteiger partial charge is 0.285 e. The number of hydrogen-bond acceptors (Lipinski definition) is 9. The van der Waals surface area contributed by atoms with Crippen molar-refractivity contribution >= 4 is 65.4 Å². The van der Waals surface area contributed by atoms with Crippen molar-refractivity contribution in [3.63, 3.8) is 0 Å². The van der Waals surface area contributed by atoms with Crippen LogP contribution in [0.4, 0.5) is 10.8 Å². The second-order valence-corrected chi connectivity index (χ2v) is 11.0. The van der Waals surface area contributed by atoms with Crippen LogP contribution in [0.1, 0.15) is 26.8 Å². The second kappa shape index (κ2) is 8.58. The maximum atomic E-state index is 12.3. The summed E-state index contributed by atoms with van der Waals surface area (Å²) < 4.78 is 25.1. The van der Waals surface area contributed by atoms with E-state index >= 15 is 0 Å². The van der Waals surface area contributed by atoms with Crippen LogP contribution >= 0.6 is 38.6 Å². The first-order chi connectivity index (χ1) is 13.7. The van der Waals surface area contributed by atoms with Gasteiger partial charge in [-0.05, 0) is 47.1 Å². The number of thiazole rings is 2. The van der Waals surface area contributed by atoms with Gasteiger partial charge in [-0.15, -0.1) is 11.3 Å². The van der Waals surface area contributed by atoms with Crippen molar-refractivity contribution in [3.05, 3.63) is 55.4 Å². The molecule has 2 heterocycles. The molecule has 0 aliphatic rings. The summed E-state index contributed by atoms with van der Waals surface area (Å²) in [4.78, 5) is 22.9. The number of anilines is 2. The Hall–Kier alpha value is -2.33. The Morgan fingerprint density at radius 3 is 2.55 bits per heavy atom. The number of nitrogens with zero attached hydrogens (tertiary/aromatic N) is 4. The molecular formula is C17H14BrN5O3S3. The summed E-state index contributed by atoms with van der Waals surface area (Å²) in [6.07, 6.45) is 0.902. The summed E-state index contributed by atoms with van der Waals surface area (Å²) in [5.74, 6) is -0.814. The Morgan fingerprint density at radius 1 is 1.31 bits per heavy atom. The molecule has 2 aromatic heterocycles. The fourth-order valence-corrected chi connectivity index (χ4v) is 4.94. The molecule has 3 rings (SSSR count). The molecule has 0 radical (unpaired) electrons. The van der Waals surface area contributed by atoms with E-state index in [1.165, 1.54) is 22.7 Å². The lowest BCUT2D eigenvalue weighted by Crippen LogP contribution is -2.30. The van der Waals surface area contributed by atoms with Crippen LogP contribution in [0.2, 0.25) is 0 Å². The molecule has 0 fully saturated rings. The number of carbonyl (C=O) groups is 1. The number of nitriles is 1. The van der Waals surface area contributed by atoms with Gasteiger partial charge in [0, 0.05) is 11.1 Å². The Kier molecular flexibility index (Phi) is 6.33. The maximum absolute atomic E-state index is 12.3. The number of rotatable bonds is 6.